The molecule has 0 unspecified atom stereocenters. The summed E-state index contributed by atoms with van der Waals surface area (Å²) < 4.78 is 5.32. The number of fused-ring (bicyclic) bond motifs is 2. The predicted molar refractivity (Wildman–Crippen MR) is 122 cm³/mol. The highest BCUT2D eigenvalue weighted by atomic mass is 35.5. The first-order valence-corrected chi connectivity index (χ1v) is 10.8. The number of hydrogen-bond donors (Lipinski definition) is 1. The molecule has 1 aromatic heterocycles. The second-order valence-electron chi connectivity index (χ2n) is 6.98. The lowest BCUT2D eigenvalue weighted by Gasteiger charge is -2.22. The molecule has 1 N–H and O–H groups in total. The Bertz CT molecular complexity index is 1170. The van der Waals surface area contributed by atoms with Crippen molar-refractivity contribution in [2.75, 3.05) is 23.9 Å². The van der Waals surface area contributed by atoms with Gasteiger partial charge in [0.2, 0.25) is 5.91 Å². The van der Waals surface area contributed by atoms with E-state index >= 15 is 0 Å². The van der Waals surface area contributed by atoms with Crippen molar-refractivity contribution in [2.45, 2.75) is 23.3 Å². The summed E-state index contributed by atoms with van der Waals surface area (Å²) >= 11 is 7.59. The molecule has 0 spiro atoms. The fraction of sp³-hybridized carbons (Fsp3) is 0.174. The van der Waals surface area contributed by atoms with Crippen LogP contribution in [0.15, 0.2) is 64.6 Å². The molecule has 0 aliphatic carbocycles. The van der Waals surface area contributed by atoms with Crippen LogP contribution in [-0.2, 0) is 4.79 Å². The van der Waals surface area contributed by atoms with Crippen LogP contribution in [0.4, 0.5) is 11.4 Å². The quantitative estimate of drug-likeness (QED) is 0.575. The predicted octanol–water partition coefficient (Wildman–Crippen LogP) is 5.19. The number of methoxy groups -OCH3 is 1. The molecule has 1 aliphatic rings. The highest BCUT2D eigenvalue weighted by Gasteiger charge is 2.28. The van der Waals surface area contributed by atoms with E-state index in [4.69, 9.17) is 16.3 Å². The summed E-state index contributed by atoms with van der Waals surface area (Å²) in [4.78, 5) is 32.9. The molecule has 0 fully saturated rings. The van der Waals surface area contributed by atoms with Gasteiger partial charge in [-0.2, -0.15) is 0 Å². The Hall–Kier alpha value is -3.03. The molecule has 2 heterocycles. The number of amides is 2. The Kier molecular flexibility index (Phi) is 6.15. The summed E-state index contributed by atoms with van der Waals surface area (Å²) in [6, 6.07) is 14.6. The number of rotatable bonds is 5. The Morgan fingerprint density at radius 1 is 1.23 bits per heavy atom. The molecule has 2 amide bonds. The Morgan fingerprint density at radius 2 is 2.03 bits per heavy atom. The monoisotopic (exact) mass is 453 g/mol. The molecule has 1 aliphatic heterocycles. The van der Waals surface area contributed by atoms with Gasteiger partial charge in [0.1, 0.15) is 10.8 Å². The van der Waals surface area contributed by atoms with Gasteiger partial charge in [-0.15, -0.1) is 0 Å². The number of carbonyl (C=O) groups is 2. The van der Waals surface area contributed by atoms with Crippen molar-refractivity contribution in [3.63, 3.8) is 0 Å². The summed E-state index contributed by atoms with van der Waals surface area (Å²) in [5, 5.41) is 4.09. The lowest BCUT2D eigenvalue weighted by molar-refractivity contribution is -0.116. The molecular weight excluding hydrogens is 434 g/mol. The summed E-state index contributed by atoms with van der Waals surface area (Å²) in [5.74, 6) is 0.0819. The normalized spacial score (nSPS) is 12.6. The molecule has 31 heavy (non-hydrogen) atoms. The molecule has 0 bridgehead atoms. The summed E-state index contributed by atoms with van der Waals surface area (Å²) in [7, 11) is 1.52. The van der Waals surface area contributed by atoms with Gasteiger partial charge in [0, 0.05) is 35.1 Å². The minimum atomic E-state index is -0.228. The number of para-hydroxylation sites is 1. The fourth-order valence-corrected chi connectivity index (χ4v) is 4.51. The molecule has 2 aromatic carbocycles. The first kappa shape index (κ1) is 21.2. The van der Waals surface area contributed by atoms with Gasteiger partial charge < -0.3 is 15.0 Å². The van der Waals surface area contributed by atoms with Crippen LogP contribution in [0.3, 0.4) is 0 Å². The molecule has 6 nitrogen and oxygen atoms in total. The summed E-state index contributed by atoms with van der Waals surface area (Å²) in [6.45, 7) is 2.08. The highest BCUT2D eigenvalue weighted by molar-refractivity contribution is 7.99. The number of aryl methyl sites for hydroxylation is 1. The van der Waals surface area contributed by atoms with Crippen LogP contribution in [0, 0.1) is 6.92 Å². The third-order valence-electron chi connectivity index (χ3n) is 4.93. The lowest BCUT2D eigenvalue weighted by atomic mass is 10.2. The Balaban J connectivity index is 1.56. The third-order valence-corrected chi connectivity index (χ3v) is 6.42. The van der Waals surface area contributed by atoms with Crippen molar-refractivity contribution in [2.24, 2.45) is 0 Å². The van der Waals surface area contributed by atoms with Crippen LogP contribution < -0.4 is 15.0 Å². The van der Waals surface area contributed by atoms with E-state index in [0.717, 1.165) is 16.1 Å². The number of benzene rings is 2. The zero-order chi connectivity index (χ0) is 22.0. The van der Waals surface area contributed by atoms with Crippen LogP contribution >= 0.6 is 23.4 Å². The van der Waals surface area contributed by atoms with Gasteiger partial charge in [-0.25, -0.2) is 4.98 Å². The maximum absolute atomic E-state index is 13.3. The van der Waals surface area contributed by atoms with Crippen molar-refractivity contribution in [3.8, 4) is 5.75 Å². The number of nitrogens with one attached hydrogen (secondary N) is 1. The second-order valence-corrected chi connectivity index (χ2v) is 8.42. The zero-order valence-electron chi connectivity index (χ0n) is 17.0. The number of nitrogens with zero attached hydrogens (tertiary/aromatic N) is 2. The van der Waals surface area contributed by atoms with Crippen molar-refractivity contribution in [1.29, 1.82) is 0 Å². The summed E-state index contributed by atoms with van der Waals surface area (Å²) in [6.07, 6.45) is 1.79. The van der Waals surface area contributed by atoms with Crippen LogP contribution in [0.25, 0.3) is 0 Å². The SMILES string of the molecule is COc1cc(Cl)c(C)cc1NC(=O)CCN1C(=O)c2cccnc2Sc2ccccc21. The van der Waals surface area contributed by atoms with Gasteiger partial charge in [0.05, 0.1) is 24.0 Å². The van der Waals surface area contributed by atoms with Crippen LogP contribution in [0.2, 0.25) is 5.02 Å². The Labute approximate surface area is 189 Å². The Morgan fingerprint density at radius 3 is 2.84 bits per heavy atom. The molecule has 4 rings (SSSR count). The van der Waals surface area contributed by atoms with Crippen molar-refractivity contribution in [3.05, 3.63) is 70.9 Å². The molecule has 158 valence electrons. The molecule has 0 saturated carbocycles. The van der Waals surface area contributed by atoms with Gasteiger partial charge in [0.25, 0.3) is 5.91 Å². The van der Waals surface area contributed by atoms with E-state index in [0.29, 0.717) is 27.0 Å². The number of aromatic nitrogens is 1. The topological polar surface area (TPSA) is 71.5 Å². The van der Waals surface area contributed by atoms with E-state index in [1.807, 2.05) is 31.2 Å². The van der Waals surface area contributed by atoms with Gasteiger partial charge in [-0.3, -0.25) is 9.59 Å². The van der Waals surface area contributed by atoms with E-state index in [1.165, 1.54) is 18.9 Å². The average molecular weight is 454 g/mol. The minimum Gasteiger partial charge on any atom is -0.495 e. The van der Waals surface area contributed by atoms with E-state index < -0.39 is 0 Å². The van der Waals surface area contributed by atoms with Gasteiger partial charge in [-0.1, -0.05) is 35.5 Å². The molecule has 8 heteroatoms. The number of ether oxygens (including phenoxy) is 1. The van der Waals surface area contributed by atoms with Gasteiger partial charge in [-0.05, 0) is 42.8 Å². The van der Waals surface area contributed by atoms with Gasteiger partial charge >= 0.3 is 0 Å². The first-order valence-electron chi connectivity index (χ1n) is 9.65. The van der Waals surface area contributed by atoms with Crippen LogP contribution in [0.1, 0.15) is 22.3 Å². The number of anilines is 2. The first-order chi connectivity index (χ1) is 15.0. The zero-order valence-corrected chi connectivity index (χ0v) is 18.6. The number of halogens is 1. The van der Waals surface area contributed by atoms with E-state index in [1.54, 1.807) is 35.4 Å². The maximum Gasteiger partial charge on any atom is 0.261 e. The molecular formula is C23H20ClN3O3S. The number of pyridine rings is 1. The third kappa shape index (κ3) is 4.38. The lowest BCUT2D eigenvalue weighted by Crippen LogP contribution is -2.34. The van der Waals surface area contributed by atoms with Crippen LogP contribution in [-0.4, -0.2) is 30.5 Å². The van der Waals surface area contributed by atoms with Crippen molar-refractivity contribution < 1.29 is 14.3 Å². The fourth-order valence-electron chi connectivity index (χ4n) is 3.34. The largest absolute Gasteiger partial charge is 0.495 e. The molecule has 0 saturated heterocycles. The maximum atomic E-state index is 13.3. The number of hydrogen-bond acceptors (Lipinski definition) is 5. The van der Waals surface area contributed by atoms with E-state index in [9.17, 15) is 9.59 Å². The van der Waals surface area contributed by atoms with E-state index in [-0.39, 0.29) is 24.8 Å². The highest BCUT2D eigenvalue weighted by Crippen LogP contribution is 2.40. The average Bonchev–Trinajstić information content (AvgIpc) is 2.88. The van der Waals surface area contributed by atoms with Gasteiger partial charge in [0.15, 0.2) is 0 Å². The van der Waals surface area contributed by atoms with E-state index in [2.05, 4.69) is 10.3 Å². The van der Waals surface area contributed by atoms with Crippen LogP contribution in [0.5, 0.6) is 5.75 Å². The molecule has 3 aromatic rings. The number of carbonyl (C=O) groups excluding carboxylic acids is 2. The molecule has 0 atom stereocenters. The smallest absolute Gasteiger partial charge is 0.261 e. The molecule has 0 radical (unpaired) electrons. The van der Waals surface area contributed by atoms with Crippen molar-refractivity contribution in [1.82, 2.24) is 4.98 Å². The van der Waals surface area contributed by atoms with Crippen molar-refractivity contribution >= 4 is 46.6 Å². The minimum absolute atomic E-state index is 0.116. The summed E-state index contributed by atoms with van der Waals surface area (Å²) in [5.41, 5.74) is 2.67. The standard InChI is InChI=1S/C23H20ClN3O3S/c1-14-12-17(19(30-2)13-16(14)24)26-21(28)9-11-27-18-7-3-4-8-20(18)31-22-15(23(27)29)6-5-10-25-22/h3-8,10,12-13H,9,11H2,1-2H3,(H,26,28). The second kappa shape index (κ2) is 8.99.